The quantitative estimate of drug-likeness (QED) is 0.230. The fourth-order valence-electron chi connectivity index (χ4n) is 5.65. The fourth-order valence-corrected chi connectivity index (χ4v) is 5.65. The molecule has 0 amide bonds. The van der Waals surface area contributed by atoms with E-state index in [2.05, 4.69) is 60.7 Å². The van der Waals surface area contributed by atoms with Crippen LogP contribution < -0.4 is 0 Å². The Morgan fingerprint density at radius 3 is 1.71 bits per heavy atom. The third-order valence-corrected chi connectivity index (χ3v) is 7.55. The summed E-state index contributed by atoms with van der Waals surface area (Å²) in [7, 11) is 0. The summed E-state index contributed by atoms with van der Waals surface area (Å²) in [5, 5.41) is 4.38. The molecule has 4 nitrogen and oxygen atoms in total. The van der Waals surface area contributed by atoms with Crippen molar-refractivity contribution in [1.29, 1.82) is 0 Å². The number of furan rings is 1. The smallest absolute Gasteiger partial charge is 0.165 e. The highest BCUT2D eigenvalue weighted by Gasteiger charge is 2.22. The van der Waals surface area contributed by atoms with E-state index in [4.69, 9.17) is 19.4 Å². The molecular formula is C37H23N3O. The molecule has 8 aromatic rings. The molecule has 0 N–H and O–H groups in total. The molecule has 0 bridgehead atoms. The molecule has 192 valence electrons. The lowest BCUT2D eigenvalue weighted by Gasteiger charge is -2.15. The minimum atomic E-state index is 0.609. The summed E-state index contributed by atoms with van der Waals surface area (Å²) in [5.41, 5.74) is 6.60. The van der Waals surface area contributed by atoms with Crippen molar-refractivity contribution < 1.29 is 4.42 Å². The molecule has 8 rings (SSSR count). The maximum atomic E-state index is 6.35. The summed E-state index contributed by atoms with van der Waals surface area (Å²) in [4.78, 5) is 15.2. The van der Waals surface area contributed by atoms with Gasteiger partial charge in [0.05, 0.1) is 0 Å². The first kappa shape index (κ1) is 23.3. The number of aromatic nitrogens is 3. The Labute approximate surface area is 236 Å². The van der Waals surface area contributed by atoms with Crippen LogP contribution in [0.3, 0.4) is 0 Å². The second-order valence-electron chi connectivity index (χ2n) is 10.0. The molecule has 2 heterocycles. The van der Waals surface area contributed by atoms with Gasteiger partial charge in [0.1, 0.15) is 11.2 Å². The van der Waals surface area contributed by atoms with Gasteiger partial charge in [0.15, 0.2) is 17.5 Å². The molecule has 2 aromatic heterocycles. The maximum absolute atomic E-state index is 6.35. The van der Waals surface area contributed by atoms with Crippen LogP contribution in [0.2, 0.25) is 0 Å². The van der Waals surface area contributed by atoms with E-state index >= 15 is 0 Å². The molecule has 0 saturated carbocycles. The van der Waals surface area contributed by atoms with Crippen LogP contribution >= 0.6 is 0 Å². The molecule has 0 aliphatic rings. The van der Waals surface area contributed by atoms with Crippen LogP contribution in [0.4, 0.5) is 0 Å². The molecule has 4 heteroatoms. The second kappa shape index (κ2) is 9.54. The fraction of sp³-hybridized carbons (Fsp3) is 0. The summed E-state index contributed by atoms with van der Waals surface area (Å²) >= 11 is 0. The molecule has 0 unspecified atom stereocenters. The van der Waals surface area contributed by atoms with Crippen LogP contribution in [-0.4, -0.2) is 15.0 Å². The van der Waals surface area contributed by atoms with Gasteiger partial charge in [-0.3, -0.25) is 0 Å². The topological polar surface area (TPSA) is 51.8 Å². The third kappa shape index (κ3) is 3.97. The van der Waals surface area contributed by atoms with Gasteiger partial charge in [-0.05, 0) is 40.1 Å². The van der Waals surface area contributed by atoms with Crippen LogP contribution in [0.25, 0.3) is 78.0 Å². The van der Waals surface area contributed by atoms with Crippen LogP contribution in [0, 0.1) is 0 Å². The van der Waals surface area contributed by atoms with Crippen molar-refractivity contribution in [1.82, 2.24) is 15.0 Å². The Balaban J connectivity index is 1.52. The zero-order chi connectivity index (χ0) is 27.2. The number of nitrogens with zero attached hydrogens (tertiary/aromatic N) is 3. The Bertz CT molecular complexity index is 2140. The van der Waals surface area contributed by atoms with Gasteiger partial charge < -0.3 is 4.42 Å². The van der Waals surface area contributed by atoms with Crippen molar-refractivity contribution in [3.8, 4) is 45.3 Å². The van der Waals surface area contributed by atoms with E-state index in [-0.39, 0.29) is 0 Å². The van der Waals surface area contributed by atoms with E-state index in [1.807, 2.05) is 78.9 Å². The predicted molar refractivity (Wildman–Crippen MR) is 166 cm³/mol. The van der Waals surface area contributed by atoms with Gasteiger partial charge in [-0.2, -0.15) is 0 Å². The Hall–Kier alpha value is -5.61. The summed E-state index contributed by atoms with van der Waals surface area (Å²) in [5.74, 6) is 1.86. The lowest BCUT2D eigenvalue weighted by Crippen LogP contribution is -2.01. The Morgan fingerprint density at radius 2 is 0.976 bits per heavy atom. The van der Waals surface area contributed by atoms with E-state index < -0.39 is 0 Å². The van der Waals surface area contributed by atoms with Crippen molar-refractivity contribution in [3.05, 3.63) is 140 Å². The average molecular weight is 526 g/mol. The minimum Gasteiger partial charge on any atom is -0.456 e. The summed E-state index contributed by atoms with van der Waals surface area (Å²) in [6.45, 7) is 0. The molecule has 0 aliphatic heterocycles. The van der Waals surface area contributed by atoms with Gasteiger partial charge in [-0.15, -0.1) is 0 Å². The summed E-state index contributed by atoms with van der Waals surface area (Å²) in [6, 6.07) is 47.4. The highest BCUT2D eigenvalue weighted by molar-refractivity contribution is 6.16. The molecule has 0 radical (unpaired) electrons. The zero-order valence-electron chi connectivity index (χ0n) is 22.0. The summed E-state index contributed by atoms with van der Waals surface area (Å²) < 4.78 is 6.35. The maximum Gasteiger partial charge on any atom is 0.165 e. The molecule has 0 saturated heterocycles. The average Bonchev–Trinajstić information content (AvgIpc) is 3.43. The second-order valence-corrected chi connectivity index (χ2v) is 10.0. The van der Waals surface area contributed by atoms with Crippen LogP contribution in [0.15, 0.2) is 144 Å². The summed E-state index contributed by atoms with van der Waals surface area (Å²) in [6.07, 6.45) is 0. The van der Waals surface area contributed by atoms with Gasteiger partial charge in [-0.25, -0.2) is 15.0 Å². The highest BCUT2D eigenvalue weighted by Crippen LogP contribution is 2.43. The van der Waals surface area contributed by atoms with Crippen molar-refractivity contribution in [2.45, 2.75) is 0 Å². The Morgan fingerprint density at radius 1 is 0.390 bits per heavy atom. The standard InChI is InChI=1S/C37H23N3O/c1-3-13-25(14-4-1)35-38-36(26-15-5-2-6-16-26)40-37(39-35)34-29(28-20-11-17-24-12-7-8-18-27(24)28)22-23-32-33(34)30-19-9-10-21-31(30)41-32/h1-23H. The van der Waals surface area contributed by atoms with Gasteiger partial charge in [0.25, 0.3) is 0 Å². The number of fused-ring (bicyclic) bond motifs is 4. The molecule has 6 aromatic carbocycles. The van der Waals surface area contributed by atoms with Crippen LogP contribution in [-0.2, 0) is 0 Å². The van der Waals surface area contributed by atoms with E-state index in [0.717, 1.165) is 49.8 Å². The number of rotatable bonds is 4. The minimum absolute atomic E-state index is 0.609. The van der Waals surface area contributed by atoms with E-state index in [9.17, 15) is 0 Å². The lowest BCUT2D eigenvalue weighted by atomic mass is 9.91. The first-order valence-corrected chi connectivity index (χ1v) is 13.6. The van der Waals surface area contributed by atoms with Crippen molar-refractivity contribution in [2.24, 2.45) is 0 Å². The monoisotopic (exact) mass is 525 g/mol. The molecule has 0 aliphatic carbocycles. The first-order valence-electron chi connectivity index (χ1n) is 13.6. The van der Waals surface area contributed by atoms with Crippen molar-refractivity contribution >= 4 is 32.7 Å². The molecule has 0 atom stereocenters. The number of benzene rings is 6. The normalized spacial score (nSPS) is 11.4. The van der Waals surface area contributed by atoms with E-state index in [1.54, 1.807) is 0 Å². The highest BCUT2D eigenvalue weighted by atomic mass is 16.3. The van der Waals surface area contributed by atoms with Crippen LogP contribution in [0.5, 0.6) is 0 Å². The SMILES string of the molecule is c1ccc(-c2nc(-c3ccccc3)nc(-c3c(-c4cccc5ccccc45)ccc4oc5ccccc5c34)n2)cc1. The number of hydrogen-bond donors (Lipinski definition) is 0. The van der Waals surface area contributed by atoms with Gasteiger partial charge >= 0.3 is 0 Å². The number of para-hydroxylation sites is 1. The van der Waals surface area contributed by atoms with Gasteiger partial charge in [0.2, 0.25) is 0 Å². The van der Waals surface area contributed by atoms with E-state index in [1.165, 1.54) is 10.8 Å². The van der Waals surface area contributed by atoms with Gasteiger partial charge in [0, 0.05) is 27.5 Å². The molecular weight excluding hydrogens is 502 g/mol. The first-order chi connectivity index (χ1) is 20.3. The van der Waals surface area contributed by atoms with E-state index in [0.29, 0.717) is 17.5 Å². The largest absolute Gasteiger partial charge is 0.456 e. The molecule has 0 fully saturated rings. The molecule has 41 heavy (non-hydrogen) atoms. The zero-order valence-corrected chi connectivity index (χ0v) is 22.0. The molecule has 0 spiro atoms. The number of hydrogen-bond acceptors (Lipinski definition) is 4. The third-order valence-electron chi connectivity index (χ3n) is 7.55. The van der Waals surface area contributed by atoms with Crippen molar-refractivity contribution in [2.75, 3.05) is 0 Å². The van der Waals surface area contributed by atoms with Crippen LogP contribution in [0.1, 0.15) is 0 Å². The van der Waals surface area contributed by atoms with Gasteiger partial charge in [-0.1, -0.05) is 121 Å². The van der Waals surface area contributed by atoms with Crippen molar-refractivity contribution in [3.63, 3.8) is 0 Å². The lowest BCUT2D eigenvalue weighted by molar-refractivity contribution is 0.669. The predicted octanol–water partition coefficient (Wildman–Crippen LogP) is 9.59. The Kier molecular flexibility index (Phi) is 5.42.